The first-order valence-corrected chi connectivity index (χ1v) is 9.13. The van der Waals surface area contributed by atoms with Crippen molar-refractivity contribution in [2.75, 3.05) is 14.2 Å². The van der Waals surface area contributed by atoms with Crippen LogP contribution < -0.4 is 9.47 Å². The third-order valence-electron chi connectivity index (χ3n) is 4.39. The lowest BCUT2D eigenvalue weighted by molar-refractivity contribution is 0.404. The molecule has 0 atom stereocenters. The van der Waals surface area contributed by atoms with Gasteiger partial charge in [-0.3, -0.25) is 4.40 Å². The van der Waals surface area contributed by atoms with Gasteiger partial charge in [0, 0.05) is 22.7 Å². The molecule has 4 nitrogen and oxygen atoms in total. The van der Waals surface area contributed by atoms with E-state index in [2.05, 4.69) is 11.6 Å². The highest BCUT2D eigenvalue weighted by molar-refractivity contribution is 7.15. The van der Waals surface area contributed by atoms with E-state index in [1.165, 1.54) is 23.5 Å². The van der Waals surface area contributed by atoms with Crippen molar-refractivity contribution in [3.05, 3.63) is 77.7 Å². The summed E-state index contributed by atoms with van der Waals surface area (Å²) in [6, 6.07) is 11.9. The number of aromatic nitrogens is 2. The maximum absolute atomic E-state index is 13.2. The van der Waals surface area contributed by atoms with Crippen molar-refractivity contribution in [1.82, 2.24) is 9.38 Å². The van der Waals surface area contributed by atoms with Crippen LogP contribution in [0, 0.1) is 5.82 Å². The predicted molar refractivity (Wildman–Crippen MR) is 106 cm³/mol. The number of imidazole rings is 1. The lowest BCUT2D eigenvalue weighted by Crippen LogP contribution is -1.92. The highest BCUT2D eigenvalue weighted by atomic mass is 32.1. The second-order valence-electron chi connectivity index (χ2n) is 5.95. The van der Waals surface area contributed by atoms with Crippen molar-refractivity contribution in [3.63, 3.8) is 0 Å². The molecule has 4 rings (SSSR count). The molecule has 6 heteroatoms. The van der Waals surface area contributed by atoms with Crippen LogP contribution in [0.4, 0.5) is 4.39 Å². The Hall–Kier alpha value is -3.12. The number of rotatable bonds is 5. The summed E-state index contributed by atoms with van der Waals surface area (Å²) in [5.41, 5.74) is 4.20. The average molecular weight is 380 g/mol. The van der Waals surface area contributed by atoms with E-state index < -0.39 is 0 Å². The quantitative estimate of drug-likeness (QED) is 0.472. The number of thiazole rings is 1. The molecule has 0 aliphatic rings. The fourth-order valence-electron chi connectivity index (χ4n) is 2.94. The first-order chi connectivity index (χ1) is 13.1. The maximum Gasteiger partial charge on any atom is 0.194 e. The van der Waals surface area contributed by atoms with E-state index in [1.54, 1.807) is 26.4 Å². The van der Waals surface area contributed by atoms with Crippen molar-refractivity contribution in [3.8, 4) is 22.8 Å². The largest absolute Gasteiger partial charge is 0.497 e. The predicted octanol–water partition coefficient (Wildman–Crippen LogP) is 5.28. The molecule has 2 aromatic carbocycles. The number of nitrogens with zero attached hydrogens (tertiary/aromatic N) is 2. The van der Waals surface area contributed by atoms with Crippen LogP contribution in [0.2, 0.25) is 0 Å². The van der Waals surface area contributed by atoms with Gasteiger partial charge in [-0.25, -0.2) is 9.37 Å². The average Bonchev–Trinajstić information content (AvgIpc) is 3.28. The number of ether oxygens (including phenoxy) is 2. The Morgan fingerprint density at radius 1 is 1.11 bits per heavy atom. The Kier molecular flexibility index (Phi) is 4.41. The van der Waals surface area contributed by atoms with Gasteiger partial charge in [0.15, 0.2) is 4.96 Å². The van der Waals surface area contributed by atoms with Gasteiger partial charge in [-0.05, 0) is 35.9 Å². The van der Waals surface area contributed by atoms with E-state index in [1.807, 2.05) is 34.2 Å². The molecule has 2 aromatic heterocycles. The van der Waals surface area contributed by atoms with Crippen molar-refractivity contribution in [1.29, 1.82) is 0 Å². The molecule has 0 aliphatic heterocycles. The van der Waals surface area contributed by atoms with Crippen molar-refractivity contribution in [2.24, 2.45) is 0 Å². The lowest BCUT2D eigenvalue weighted by Gasteiger charge is -2.09. The van der Waals surface area contributed by atoms with Crippen molar-refractivity contribution in [2.45, 2.75) is 0 Å². The van der Waals surface area contributed by atoms with Gasteiger partial charge in [0.25, 0.3) is 0 Å². The highest BCUT2D eigenvalue weighted by Gasteiger charge is 2.16. The van der Waals surface area contributed by atoms with E-state index in [4.69, 9.17) is 9.47 Å². The van der Waals surface area contributed by atoms with Crippen LogP contribution in [0.25, 0.3) is 21.8 Å². The van der Waals surface area contributed by atoms with Crippen LogP contribution in [0.3, 0.4) is 0 Å². The summed E-state index contributed by atoms with van der Waals surface area (Å²) >= 11 is 1.53. The topological polar surface area (TPSA) is 35.8 Å². The molecular weight excluding hydrogens is 363 g/mol. The summed E-state index contributed by atoms with van der Waals surface area (Å²) in [4.78, 5) is 5.51. The van der Waals surface area contributed by atoms with Crippen LogP contribution in [0.15, 0.2) is 60.6 Å². The van der Waals surface area contributed by atoms with Gasteiger partial charge in [0.05, 0.1) is 25.6 Å². The minimum atomic E-state index is -0.273. The summed E-state index contributed by atoms with van der Waals surface area (Å²) in [6.07, 6.45) is 1.94. The van der Waals surface area contributed by atoms with E-state index in [0.717, 1.165) is 44.5 Å². The van der Waals surface area contributed by atoms with E-state index >= 15 is 0 Å². The van der Waals surface area contributed by atoms with Gasteiger partial charge in [-0.2, -0.15) is 0 Å². The Morgan fingerprint density at radius 2 is 1.89 bits per heavy atom. The van der Waals surface area contributed by atoms with Crippen LogP contribution in [-0.2, 0) is 0 Å². The fraction of sp³-hybridized carbons (Fsp3) is 0.0952. The second kappa shape index (κ2) is 6.89. The van der Waals surface area contributed by atoms with Crippen LogP contribution >= 0.6 is 11.3 Å². The summed E-state index contributed by atoms with van der Waals surface area (Å²) in [5, 5.41) is 2.03. The molecule has 0 saturated carbocycles. The Balaban J connectivity index is 1.79. The normalized spacial score (nSPS) is 10.9. The zero-order valence-corrected chi connectivity index (χ0v) is 15.7. The zero-order valence-electron chi connectivity index (χ0n) is 14.9. The molecule has 4 aromatic rings. The third kappa shape index (κ3) is 3.08. The molecule has 27 heavy (non-hydrogen) atoms. The molecular formula is C21H17FN2O2S. The standard InChI is InChI=1S/C21H17FN2O2S/c1-13(14-4-6-15(22)7-5-14)18-11-24-19(12-27-21(24)23-18)17-10-16(25-2)8-9-20(17)26-3/h4-12H,1H2,2-3H3. The summed E-state index contributed by atoms with van der Waals surface area (Å²) in [6.45, 7) is 4.12. The Labute approximate surface area is 160 Å². The first-order valence-electron chi connectivity index (χ1n) is 8.25. The van der Waals surface area contributed by atoms with Gasteiger partial charge < -0.3 is 9.47 Å². The zero-order chi connectivity index (χ0) is 19.0. The van der Waals surface area contributed by atoms with E-state index in [9.17, 15) is 4.39 Å². The lowest BCUT2D eigenvalue weighted by atomic mass is 10.1. The first kappa shape index (κ1) is 17.3. The highest BCUT2D eigenvalue weighted by Crippen LogP contribution is 2.36. The molecule has 0 spiro atoms. The number of methoxy groups -OCH3 is 2. The molecule has 0 N–H and O–H groups in total. The maximum atomic E-state index is 13.2. The summed E-state index contributed by atoms with van der Waals surface area (Å²) in [7, 11) is 3.28. The van der Waals surface area contributed by atoms with Crippen LogP contribution in [0.1, 0.15) is 11.3 Å². The molecule has 2 heterocycles. The van der Waals surface area contributed by atoms with Crippen LogP contribution in [0.5, 0.6) is 11.5 Å². The van der Waals surface area contributed by atoms with Gasteiger partial charge in [-0.1, -0.05) is 18.7 Å². The number of halogens is 1. The van der Waals surface area contributed by atoms with Gasteiger partial charge >= 0.3 is 0 Å². The monoisotopic (exact) mass is 380 g/mol. The molecule has 136 valence electrons. The van der Waals surface area contributed by atoms with Crippen molar-refractivity contribution >= 4 is 21.9 Å². The number of fused-ring (bicyclic) bond motifs is 1. The van der Waals surface area contributed by atoms with Crippen LogP contribution in [-0.4, -0.2) is 23.6 Å². The van der Waals surface area contributed by atoms with E-state index in [0.29, 0.717) is 0 Å². The fourth-order valence-corrected chi connectivity index (χ4v) is 3.81. The van der Waals surface area contributed by atoms with E-state index in [-0.39, 0.29) is 5.82 Å². The Bertz CT molecular complexity index is 1130. The Morgan fingerprint density at radius 3 is 2.59 bits per heavy atom. The number of hydrogen-bond acceptors (Lipinski definition) is 4. The van der Waals surface area contributed by atoms with Crippen molar-refractivity contribution < 1.29 is 13.9 Å². The molecule has 0 saturated heterocycles. The minimum absolute atomic E-state index is 0.273. The SMILES string of the molecule is C=C(c1ccc(F)cc1)c1cn2c(-c3cc(OC)ccc3OC)csc2n1. The minimum Gasteiger partial charge on any atom is -0.497 e. The number of benzene rings is 2. The third-order valence-corrected chi connectivity index (χ3v) is 5.23. The number of hydrogen-bond donors (Lipinski definition) is 0. The summed E-state index contributed by atoms with van der Waals surface area (Å²) in [5.74, 6) is 1.23. The summed E-state index contributed by atoms with van der Waals surface area (Å²) < 4.78 is 26.0. The van der Waals surface area contributed by atoms with Gasteiger partial charge in [0.1, 0.15) is 17.3 Å². The van der Waals surface area contributed by atoms with Gasteiger partial charge in [0.2, 0.25) is 0 Å². The second-order valence-corrected chi connectivity index (χ2v) is 6.79. The molecule has 0 radical (unpaired) electrons. The molecule has 0 fully saturated rings. The van der Waals surface area contributed by atoms with Gasteiger partial charge in [-0.15, -0.1) is 11.3 Å². The molecule has 0 aliphatic carbocycles. The molecule has 0 unspecified atom stereocenters. The smallest absolute Gasteiger partial charge is 0.194 e. The molecule has 0 amide bonds. The molecule has 0 bridgehead atoms.